The van der Waals surface area contributed by atoms with E-state index in [1.807, 2.05) is 19.2 Å². The molecule has 1 aromatic rings. The summed E-state index contributed by atoms with van der Waals surface area (Å²) in [5.74, 6) is 0.971. The fraction of sp³-hybridized carbons (Fsp3) is 0.643. The van der Waals surface area contributed by atoms with Gasteiger partial charge in [-0.15, -0.1) is 0 Å². The van der Waals surface area contributed by atoms with E-state index in [4.69, 9.17) is 10.5 Å². The molecule has 0 spiro atoms. The van der Waals surface area contributed by atoms with Gasteiger partial charge >= 0.3 is 0 Å². The Morgan fingerprint density at radius 3 is 3.06 bits per heavy atom. The Bertz CT molecular complexity index is 375. The lowest BCUT2D eigenvalue weighted by Crippen LogP contribution is -2.33. The number of nitrogens with zero attached hydrogens (tertiary/aromatic N) is 2. The SMILES string of the molecule is C[C@H](N)c1ccnc(N(C)CC2CCCCO2)c1. The number of hydrogen-bond acceptors (Lipinski definition) is 4. The smallest absolute Gasteiger partial charge is 0.128 e. The summed E-state index contributed by atoms with van der Waals surface area (Å²) in [6, 6.07) is 4.08. The van der Waals surface area contributed by atoms with E-state index in [1.54, 1.807) is 0 Å². The third-order valence-electron chi connectivity index (χ3n) is 3.44. The minimum absolute atomic E-state index is 0.0473. The van der Waals surface area contributed by atoms with Crippen LogP contribution in [0.2, 0.25) is 0 Å². The summed E-state index contributed by atoms with van der Waals surface area (Å²) < 4.78 is 5.75. The summed E-state index contributed by atoms with van der Waals surface area (Å²) >= 11 is 0. The zero-order valence-electron chi connectivity index (χ0n) is 11.3. The molecule has 1 saturated heterocycles. The van der Waals surface area contributed by atoms with E-state index in [-0.39, 0.29) is 6.04 Å². The third-order valence-corrected chi connectivity index (χ3v) is 3.44. The normalized spacial score (nSPS) is 21.6. The van der Waals surface area contributed by atoms with E-state index in [0.29, 0.717) is 6.10 Å². The Kier molecular flexibility index (Phi) is 4.55. The van der Waals surface area contributed by atoms with Crippen molar-refractivity contribution in [3.05, 3.63) is 23.9 Å². The first-order chi connectivity index (χ1) is 8.66. The monoisotopic (exact) mass is 249 g/mol. The Morgan fingerprint density at radius 2 is 2.39 bits per heavy atom. The van der Waals surface area contributed by atoms with Gasteiger partial charge in [0.25, 0.3) is 0 Å². The van der Waals surface area contributed by atoms with Crippen LogP contribution in [0, 0.1) is 0 Å². The first kappa shape index (κ1) is 13.3. The maximum atomic E-state index is 5.90. The van der Waals surface area contributed by atoms with E-state index in [1.165, 1.54) is 12.8 Å². The predicted molar refractivity (Wildman–Crippen MR) is 73.7 cm³/mol. The lowest BCUT2D eigenvalue weighted by atomic mass is 10.1. The number of anilines is 1. The standard InChI is InChI=1S/C14H23N3O/c1-11(15)12-6-7-16-14(9-12)17(2)10-13-5-3-4-8-18-13/h6-7,9,11,13H,3-5,8,10,15H2,1-2H3/t11-,13?/m0/s1. The molecule has 0 amide bonds. The zero-order chi connectivity index (χ0) is 13.0. The van der Waals surface area contributed by atoms with Gasteiger partial charge in [-0.05, 0) is 43.9 Å². The highest BCUT2D eigenvalue weighted by molar-refractivity contribution is 5.41. The molecule has 2 heterocycles. The summed E-state index contributed by atoms with van der Waals surface area (Å²) in [7, 11) is 2.06. The van der Waals surface area contributed by atoms with Crippen LogP contribution >= 0.6 is 0 Å². The van der Waals surface area contributed by atoms with Crippen LogP contribution in [-0.2, 0) is 4.74 Å². The van der Waals surface area contributed by atoms with E-state index in [0.717, 1.165) is 31.0 Å². The number of hydrogen-bond donors (Lipinski definition) is 1. The van der Waals surface area contributed by atoms with Crippen LogP contribution in [0.4, 0.5) is 5.82 Å². The van der Waals surface area contributed by atoms with Crippen molar-refractivity contribution in [3.8, 4) is 0 Å². The number of pyridine rings is 1. The van der Waals surface area contributed by atoms with Gasteiger partial charge in [-0.25, -0.2) is 4.98 Å². The van der Waals surface area contributed by atoms with E-state index < -0.39 is 0 Å². The average molecular weight is 249 g/mol. The molecular formula is C14H23N3O. The van der Waals surface area contributed by atoms with Crippen molar-refractivity contribution in [3.63, 3.8) is 0 Å². The Morgan fingerprint density at radius 1 is 1.56 bits per heavy atom. The molecule has 4 nitrogen and oxygen atoms in total. The largest absolute Gasteiger partial charge is 0.376 e. The molecule has 0 radical (unpaired) electrons. The lowest BCUT2D eigenvalue weighted by Gasteiger charge is -2.28. The molecule has 1 aliphatic rings. The van der Waals surface area contributed by atoms with Crippen LogP contribution in [0.5, 0.6) is 0 Å². The first-order valence-electron chi connectivity index (χ1n) is 6.71. The van der Waals surface area contributed by atoms with Crippen molar-refractivity contribution in [1.82, 2.24) is 4.98 Å². The van der Waals surface area contributed by atoms with Crippen molar-refractivity contribution < 1.29 is 4.74 Å². The summed E-state index contributed by atoms with van der Waals surface area (Å²) in [4.78, 5) is 6.56. The van der Waals surface area contributed by atoms with Crippen LogP contribution in [0.1, 0.15) is 37.8 Å². The van der Waals surface area contributed by atoms with Gasteiger partial charge < -0.3 is 15.4 Å². The van der Waals surface area contributed by atoms with Crippen LogP contribution in [-0.4, -0.2) is 31.3 Å². The van der Waals surface area contributed by atoms with Crippen LogP contribution in [0.3, 0.4) is 0 Å². The molecule has 0 saturated carbocycles. The quantitative estimate of drug-likeness (QED) is 0.888. The highest BCUT2D eigenvalue weighted by Gasteiger charge is 2.16. The lowest BCUT2D eigenvalue weighted by molar-refractivity contribution is 0.0215. The number of nitrogens with two attached hydrogens (primary N) is 1. The second kappa shape index (κ2) is 6.16. The molecule has 2 atom stereocenters. The Labute approximate surface area is 109 Å². The number of likely N-dealkylation sites (N-methyl/N-ethyl adjacent to an activating group) is 1. The fourth-order valence-electron chi connectivity index (χ4n) is 2.28. The molecule has 100 valence electrons. The molecule has 1 unspecified atom stereocenters. The number of aromatic nitrogens is 1. The summed E-state index contributed by atoms with van der Waals surface area (Å²) in [5, 5.41) is 0. The molecule has 1 aromatic heterocycles. The molecule has 1 fully saturated rings. The molecule has 18 heavy (non-hydrogen) atoms. The van der Waals surface area contributed by atoms with Gasteiger partial charge in [0.1, 0.15) is 5.82 Å². The fourth-order valence-corrected chi connectivity index (χ4v) is 2.28. The van der Waals surface area contributed by atoms with Gasteiger partial charge in [0.2, 0.25) is 0 Å². The second-order valence-electron chi connectivity index (χ2n) is 5.11. The number of rotatable bonds is 4. The molecule has 0 bridgehead atoms. The van der Waals surface area contributed by atoms with Gasteiger partial charge in [0.05, 0.1) is 6.10 Å². The van der Waals surface area contributed by atoms with Crippen molar-refractivity contribution in [2.24, 2.45) is 5.73 Å². The third kappa shape index (κ3) is 3.43. The van der Waals surface area contributed by atoms with Crippen LogP contribution in [0.15, 0.2) is 18.3 Å². The van der Waals surface area contributed by atoms with Crippen molar-refractivity contribution >= 4 is 5.82 Å². The van der Waals surface area contributed by atoms with E-state index >= 15 is 0 Å². The summed E-state index contributed by atoms with van der Waals surface area (Å²) in [5.41, 5.74) is 7.02. The molecular weight excluding hydrogens is 226 g/mol. The summed E-state index contributed by atoms with van der Waals surface area (Å²) in [6.45, 7) is 3.78. The minimum atomic E-state index is 0.0473. The molecule has 1 aliphatic heterocycles. The van der Waals surface area contributed by atoms with Gasteiger partial charge in [0, 0.05) is 32.4 Å². The molecule has 2 rings (SSSR count). The van der Waals surface area contributed by atoms with Gasteiger partial charge in [-0.2, -0.15) is 0 Å². The van der Waals surface area contributed by atoms with Crippen molar-refractivity contribution in [2.75, 3.05) is 25.1 Å². The average Bonchev–Trinajstić information content (AvgIpc) is 2.40. The van der Waals surface area contributed by atoms with E-state index in [2.05, 4.69) is 23.0 Å². The summed E-state index contributed by atoms with van der Waals surface area (Å²) in [6.07, 6.45) is 5.78. The maximum absolute atomic E-state index is 5.90. The van der Waals surface area contributed by atoms with Crippen LogP contribution in [0.25, 0.3) is 0 Å². The highest BCUT2D eigenvalue weighted by Crippen LogP contribution is 2.19. The van der Waals surface area contributed by atoms with Gasteiger partial charge in [0.15, 0.2) is 0 Å². The topological polar surface area (TPSA) is 51.4 Å². The zero-order valence-corrected chi connectivity index (χ0v) is 11.3. The maximum Gasteiger partial charge on any atom is 0.128 e. The highest BCUT2D eigenvalue weighted by atomic mass is 16.5. The van der Waals surface area contributed by atoms with Crippen molar-refractivity contribution in [2.45, 2.75) is 38.3 Å². The van der Waals surface area contributed by atoms with E-state index in [9.17, 15) is 0 Å². The second-order valence-corrected chi connectivity index (χ2v) is 5.11. The van der Waals surface area contributed by atoms with Crippen molar-refractivity contribution in [1.29, 1.82) is 0 Å². The Balaban J connectivity index is 1.99. The van der Waals surface area contributed by atoms with Crippen LogP contribution < -0.4 is 10.6 Å². The molecule has 2 N–H and O–H groups in total. The molecule has 4 heteroatoms. The first-order valence-corrected chi connectivity index (χ1v) is 6.71. The minimum Gasteiger partial charge on any atom is -0.376 e. The number of ether oxygens (including phenoxy) is 1. The Hall–Kier alpha value is -1.13. The predicted octanol–water partition coefficient (Wildman–Crippen LogP) is 2.11. The van der Waals surface area contributed by atoms with Gasteiger partial charge in [-0.1, -0.05) is 0 Å². The molecule has 0 aliphatic carbocycles. The molecule has 0 aromatic carbocycles. The van der Waals surface area contributed by atoms with Gasteiger partial charge in [-0.3, -0.25) is 0 Å².